The fourth-order valence-corrected chi connectivity index (χ4v) is 1.53. The van der Waals surface area contributed by atoms with Crippen LogP contribution in [0.25, 0.3) is 0 Å². The highest BCUT2D eigenvalue weighted by molar-refractivity contribution is 5.89. The molecule has 6 nitrogen and oxygen atoms in total. The molecule has 0 aromatic carbocycles. The van der Waals surface area contributed by atoms with E-state index in [0.29, 0.717) is 25.2 Å². The number of carbonyl (C=O) groups excluding carboxylic acids is 1. The van der Waals surface area contributed by atoms with Crippen LogP contribution in [0.5, 0.6) is 0 Å². The van der Waals surface area contributed by atoms with Gasteiger partial charge < -0.3 is 21.5 Å². The molecule has 1 aromatic rings. The lowest BCUT2D eigenvalue weighted by molar-refractivity contribution is -0.116. The van der Waals surface area contributed by atoms with Crippen LogP contribution in [0.15, 0.2) is 18.3 Å². The summed E-state index contributed by atoms with van der Waals surface area (Å²) in [5.41, 5.74) is 6.16. The Balaban J connectivity index is 2.49. The molecule has 0 bridgehead atoms. The van der Waals surface area contributed by atoms with E-state index in [9.17, 15) is 4.79 Å². The van der Waals surface area contributed by atoms with E-state index in [1.54, 1.807) is 12.3 Å². The largest absolute Gasteiger partial charge is 0.394 e. The summed E-state index contributed by atoms with van der Waals surface area (Å²) in [6.45, 7) is 2.57. The standard InChI is InChI=1S/C13H22N4O2/c1-2-10(9-18)16-11-5-6-12(15-8-11)17-13(19)4-3-7-14/h5-6,8,10,16,18H,2-4,7,9,14H2,1H3,(H,15,17,19). The molecule has 19 heavy (non-hydrogen) atoms. The maximum absolute atomic E-state index is 11.5. The third-order valence-corrected chi connectivity index (χ3v) is 2.72. The molecule has 1 atom stereocenters. The average molecular weight is 266 g/mol. The molecule has 6 heteroatoms. The molecule has 0 saturated carbocycles. The maximum atomic E-state index is 11.5. The topological polar surface area (TPSA) is 100 Å². The van der Waals surface area contributed by atoms with Gasteiger partial charge in [0.05, 0.1) is 18.5 Å². The molecule has 0 aliphatic carbocycles. The van der Waals surface area contributed by atoms with Crippen molar-refractivity contribution in [1.82, 2.24) is 4.98 Å². The zero-order chi connectivity index (χ0) is 14.1. The number of hydrogen-bond donors (Lipinski definition) is 4. The number of aromatic nitrogens is 1. The van der Waals surface area contributed by atoms with Crippen LogP contribution in [0.3, 0.4) is 0 Å². The van der Waals surface area contributed by atoms with Crippen LogP contribution in [-0.2, 0) is 4.79 Å². The van der Waals surface area contributed by atoms with Gasteiger partial charge in [0.2, 0.25) is 5.91 Å². The molecule has 0 fully saturated rings. The van der Waals surface area contributed by atoms with Crippen LogP contribution in [0.2, 0.25) is 0 Å². The molecule has 0 aliphatic heterocycles. The second kappa shape index (κ2) is 8.44. The Morgan fingerprint density at radius 1 is 1.53 bits per heavy atom. The van der Waals surface area contributed by atoms with E-state index in [0.717, 1.165) is 12.1 Å². The summed E-state index contributed by atoms with van der Waals surface area (Å²) in [4.78, 5) is 15.6. The number of anilines is 2. The van der Waals surface area contributed by atoms with Gasteiger partial charge in [-0.1, -0.05) is 6.92 Å². The minimum absolute atomic E-state index is 0.0202. The van der Waals surface area contributed by atoms with Crippen molar-refractivity contribution in [2.45, 2.75) is 32.2 Å². The Bertz CT molecular complexity index is 377. The molecule has 0 spiro atoms. The Morgan fingerprint density at radius 2 is 2.32 bits per heavy atom. The summed E-state index contributed by atoms with van der Waals surface area (Å²) in [6, 6.07) is 3.57. The first kappa shape index (κ1) is 15.4. The van der Waals surface area contributed by atoms with Crippen molar-refractivity contribution < 1.29 is 9.90 Å². The Morgan fingerprint density at radius 3 is 2.84 bits per heavy atom. The van der Waals surface area contributed by atoms with E-state index in [1.165, 1.54) is 0 Å². The van der Waals surface area contributed by atoms with Gasteiger partial charge in [-0.2, -0.15) is 0 Å². The number of nitrogens with one attached hydrogen (secondary N) is 2. The first-order valence-electron chi connectivity index (χ1n) is 6.53. The normalized spacial score (nSPS) is 11.9. The molecule has 0 saturated heterocycles. The molecular weight excluding hydrogens is 244 g/mol. The Kier molecular flexibility index (Phi) is 6.84. The molecule has 1 rings (SSSR count). The number of carbonyl (C=O) groups is 1. The SMILES string of the molecule is CCC(CO)Nc1ccc(NC(=O)CCCN)nc1. The maximum Gasteiger partial charge on any atom is 0.225 e. The van der Waals surface area contributed by atoms with Gasteiger partial charge in [-0.3, -0.25) is 4.79 Å². The number of amides is 1. The zero-order valence-electron chi connectivity index (χ0n) is 11.2. The molecule has 106 valence electrons. The lowest BCUT2D eigenvalue weighted by Crippen LogP contribution is -2.22. The lowest BCUT2D eigenvalue weighted by Gasteiger charge is -2.15. The van der Waals surface area contributed by atoms with Gasteiger partial charge in [0, 0.05) is 12.5 Å². The summed E-state index contributed by atoms with van der Waals surface area (Å²) in [5.74, 6) is 0.435. The van der Waals surface area contributed by atoms with Crippen LogP contribution < -0.4 is 16.4 Å². The van der Waals surface area contributed by atoms with E-state index in [-0.39, 0.29) is 18.6 Å². The van der Waals surface area contributed by atoms with Gasteiger partial charge in [0.1, 0.15) is 5.82 Å². The van der Waals surface area contributed by atoms with Crippen molar-refractivity contribution in [2.75, 3.05) is 23.8 Å². The van der Waals surface area contributed by atoms with Crippen molar-refractivity contribution >= 4 is 17.4 Å². The summed E-state index contributed by atoms with van der Waals surface area (Å²) >= 11 is 0. The predicted molar refractivity (Wildman–Crippen MR) is 75.9 cm³/mol. The third-order valence-electron chi connectivity index (χ3n) is 2.72. The summed E-state index contributed by atoms with van der Waals surface area (Å²) in [7, 11) is 0. The van der Waals surface area contributed by atoms with Crippen molar-refractivity contribution in [2.24, 2.45) is 5.73 Å². The molecule has 0 radical (unpaired) electrons. The highest BCUT2D eigenvalue weighted by Gasteiger charge is 2.05. The van der Waals surface area contributed by atoms with E-state index < -0.39 is 0 Å². The van der Waals surface area contributed by atoms with Crippen LogP contribution in [0, 0.1) is 0 Å². The minimum Gasteiger partial charge on any atom is -0.394 e. The lowest BCUT2D eigenvalue weighted by atomic mass is 10.2. The number of aliphatic hydroxyl groups is 1. The van der Waals surface area contributed by atoms with Crippen LogP contribution >= 0.6 is 0 Å². The number of pyridine rings is 1. The van der Waals surface area contributed by atoms with Gasteiger partial charge in [-0.15, -0.1) is 0 Å². The van der Waals surface area contributed by atoms with Crippen molar-refractivity contribution in [1.29, 1.82) is 0 Å². The van der Waals surface area contributed by atoms with E-state index in [1.807, 2.05) is 13.0 Å². The molecule has 0 aliphatic rings. The number of hydrogen-bond acceptors (Lipinski definition) is 5. The van der Waals surface area contributed by atoms with Gasteiger partial charge in [-0.05, 0) is 31.5 Å². The fraction of sp³-hybridized carbons (Fsp3) is 0.538. The first-order chi connectivity index (χ1) is 9.19. The van der Waals surface area contributed by atoms with Crippen LogP contribution in [0.1, 0.15) is 26.2 Å². The molecular formula is C13H22N4O2. The molecule has 5 N–H and O–H groups in total. The second-order valence-corrected chi connectivity index (χ2v) is 4.30. The van der Waals surface area contributed by atoms with Crippen molar-refractivity contribution in [3.05, 3.63) is 18.3 Å². The molecule has 1 aromatic heterocycles. The number of nitrogens with zero attached hydrogens (tertiary/aromatic N) is 1. The summed E-state index contributed by atoms with van der Waals surface area (Å²) in [5, 5.41) is 14.9. The predicted octanol–water partition coefficient (Wildman–Crippen LogP) is 0.942. The van der Waals surface area contributed by atoms with E-state index >= 15 is 0 Å². The second-order valence-electron chi connectivity index (χ2n) is 4.30. The average Bonchev–Trinajstić information content (AvgIpc) is 2.44. The Hall–Kier alpha value is -1.66. The summed E-state index contributed by atoms with van der Waals surface area (Å²) < 4.78 is 0. The zero-order valence-corrected chi connectivity index (χ0v) is 11.2. The molecule has 1 heterocycles. The first-order valence-corrected chi connectivity index (χ1v) is 6.53. The van der Waals surface area contributed by atoms with Gasteiger partial charge in [0.15, 0.2) is 0 Å². The number of aliphatic hydroxyl groups excluding tert-OH is 1. The van der Waals surface area contributed by atoms with Crippen LogP contribution in [0.4, 0.5) is 11.5 Å². The fourth-order valence-electron chi connectivity index (χ4n) is 1.53. The third kappa shape index (κ3) is 5.67. The van der Waals surface area contributed by atoms with Crippen molar-refractivity contribution in [3.8, 4) is 0 Å². The molecule has 1 unspecified atom stereocenters. The van der Waals surface area contributed by atoms with Gasteiger partial charge in [0.25, 0.3) is 0 Å². The van der Waals surface area contributed by atoms with Gasteiger partial charge in [-0.25, -0.2) is 4.98 Å². The summed E-state index contributed by atoms with van der Waals surface area (Å²) in [6.07, 6.45) is 3.53. The minimum atomic E-state index is -0.0829. The van der Waals surface area contributed by atoms with Crippen molar-refractivity contribution in [3.63, 3.8) is 0 Å². The highest BCUT2D eigenvalue weighted by atomic mass is 16.3. The quantitative estimate of drug-likeness (QED) is 0.561. The highest BCUT2D eigenvalue weighted by Crippen LogP contribution is 2.12. The number of nitrogens with two attached hydrogens (primary N) is 1. The smallest absolute Gasteiger partial charge is 0.225 e. The van der Waals surface area contributed by atoms with Gasteiger partial charge >= 0.3 is 0 Å². The van der Waals surface area contributed by atoms with E-state index in [4.69, 9.17) is 10.8 Å². The Labute approximate surface area is 113 Å². The van der Waals surface area contributed by atoms with Crippen LogP contribution in [-0.4, -0.2) is 35.2 Å². The molecule has 1 amide bonds. The number of rotatable bonds is 8. The van der Waals surface area contributed by atoms with E-state index in [2.05, 4.69) is 15.6 Å². The monoisotopic (exact) mass is 266 g/mol.